The van der Waals surface area contributed by atoms with Crippen LogP contribution < -0.4 is 5.32 Å². The summed E-state index contributed by atoms with van der Waals surface area (Å²) in [7, 11) is 0. The molecule has 0 unspecified atom stereocenters. The highest BCUT2D eigenvalue weighted by molar-refractivity contribution is 7.16. The van der Waals surface area contributed by atoms with Gasteiger partial charge in [-0.05, 0) is 37.3 Å². The van der Waals surface area contributed by atoms with Gasteiger partial charge < -0.3 is 10.1 Å². The Morgan fingerprint density at radius 3 is 2.36 bits per heavy atom. The van der Waals surface area contributed by atoms with Crippen LogP contribution in [-0.4, -0.2) is 35.2 Å². The van der Waals surface area contributed by atoms with Gasteiger partial charge in [-0.3, -0.25) is 19.3 Å². The summed E-state index contributed by atoms with van der Waals surface area (Å²) in [6, 6.07) is 11.7. The maximum Gasteiger partial charge on any atom is 0.341 e. The number of amides is 3. The molecule has 4 rings (SSSR count). The zero-order valence-electron chi connectivity index (χ0n) is 17.2. The number of nitrogens with zero attached hydrogens (tertiary/aromatic N) is 1. The first-order valence-corrected chi connectivity index (χ1v) is 11.0. The third kappa shape index (κ3) is 4.24. The van der Waals surface area contributed by atoms with E-state index < -0.39 is 29.5 Å². The van der Waals surface area contributed by atoms with Crippen molar-refractivity contribution in [1.29, 1.82) is 0 Å². The highest BCUT2D eigenvalue weighted by Gasteiger charge is 2.35. The largest absolute Gasteiger partial charge is 0.462 e. The molecule has 3 aromatic rings. The number of carbonyl (C=O) groups is 4. The van der Waals surface area contributed by atoms with E-state index in [9.17, 15) is 23.6 Å². The first kappa shape index (κ1) is 22.6. The molecular formula is C23H16ClFN2O5S. The first-order valence-electron chi connectivity index (χ1n) is 9.82. The van der Waals surface area contributed by atoms with Gasteiger partial charge in [-0.1, -0.05) is 29.8 Å². The maximum absolute atomic E-state index is 14.2. The summed E-state index contributed by atoms with van der Waals surface area (Å²) in [6.07, 6.45) is 0. The van der Waals surface area contributed by atoms with Crippen molar-refractivity contribution in [1.82, 2.24) is 4.90 Å². The predicted molar refractivity (Wildman–Crippen MR) is 120 cm³/mol. The van der Waals surface area contributed by atoms with Crippen LogP contribution in [0.3, 0.4) is 0 Å². The molecule has 0 fully saturated rings. The van der Waals surface area contributed by atoms with Gasteiger partial charge in [0.15, 0.2) is 0 Å². The molecule has 0 saturated heterocycles. The van der Waals surface area contributed by atoms with Crippen molar-refractivity contribution in [3.8, 4) is 0 Å². The number of hydrogen-bond donors (Lipinski definition) is 1. The highest BCUT2D eigenvalue weighted by Crippen LogP contribution is 2.33. The SMILES string of the molecule is CCOC(=O)c1cc(CN2C(=O)c3ccccc3C2=O)sc1NC(=O)c1c(F)cccc1Cl. The number of hydrogen-bond acceptors (Lipinski definition) is 6. The summed E-state index contributed by atoms with van der Waals surface area (Å²) in [4.78, 5) is 52.0. The second-order valence-electron chi connectivity index (χ2n) is 6.97. The lowest BCUT2D eigenvalue weighted by atomic mass is 10.1. The zero-order valence-corrected chi connectivity index (χ0v) is 18.8. The van der Waals surface area contributed by atoms with E-state index in [1.165, 1.54) is 18.2 Å². The Kier molecular flexibility index (Phi) is 6.26. The smallest absolute Gasteiger partial charge is 0.341 e. The molecule has 0 aliphatic carbocycles. The zero-order chi connectivity index (χ0) is 23.7. The summed E-state index contributed by atoms with van der Waals surface area (Å²) in [6.45, 7) is 1.61. The van der Waals surface area contributed by atoms with Crippen LogP contribution in [0, 0.1) is 5.82 Å². The van der Waals surface area contributed by atoms with Gasteiger partial charge >= 0.3 is 5.97 Å². The first-order chi connectivity index (χ1) is 15.8. The minimum Gasteiger partial charge on any atom is -0.462 e. The van der Waals surface area contributed by atoms with Crippen molar-refractivity contribution >= 4 is 51.6 Å². The van der Waals surface area contributed by atoms with E-state index in [1.807, 2.05) is 0 Å². The predicted octanol–water partition coefficient (Wildman–Crippen LogP) is 4.77. The molecule has 0 atom stereocenters. The Hall–Kier alpha value is -3.56. The van der Waals surface area contributed by atoms with Gasteiger partial charge in [0.1, 0.15) is 10.8 Å². The normalized spacial score (nSPS) is 12.6. The van der Waals surface area contributed by atoms with E-state index in [4.69, 9.17) is 16.3 Å². The molecule has 0 radical (unpaired) electrons. The third-order valence-corrected chi connectivity index (χ3v) is 6.24. The second-order valence-corrected chi connectivity index (χ2v) is 8.51. The lowest BCUT2D eigenvalue weighted by molar-refractivity contribution is 0.0527. The van der Waals surface area contributed by atoms with E-state index in [-0.39, 0.29) is 34.3 Å². The number of esters is 1. The van der Waals surface area contributed by atoms with Crippen molar-refractivity contribution in [3.63, 3.8) is 0 Å². The number of nitrogens with one attached hydrogen (secondary N) is 1. The number of carbonyl (C=O) groups excluding carboxylic acids is 4. The fourth-order valence-electron chi connectivity index (χ4n) is 3.39. The molecule has 1 aliphatic rings. The summed E-state index contributed by atoms with van der Waals surface area (Å²) < 4.78 is 19.2. The molecule has 0 spiro atoms. The third-order valence-electron chi connectivity index (χ3n) is 4.89. The molecule has 1 aromatic heterocycles. The molecule has 2 aromatic carbocycles. The van der Waals surface area contributed by atoms with Crippen molar-refractivity contribution < 1.29 is 28.3 Å². The van der Waals surface area contributed by atoms with Crippen LogP contribution in [0.2, 0.25) is 5.02 Å². The van der Waals surface area contributed by atoms with Crippen LogP contribution in [-0.2, 0) is 11.3 Å². The monoisotopic (exact) mass is 486 g/mol. The van der Waals surface area contributed by atoms with Gasteiger partial charge in [-0.25, -0.2) is 9.18 Å². The molecule has 10 heteroatoms. The van der Waals surface area contributed by atoms with Crippen LogP contribution in [0.15, 0.2) is 48.5 Å². The summed E-state index contributed by atoms with van der Waals surface area (Å²) in [5, 5.41) is 2.50. The lowest BCUT2D eigenvalue weighted by Gasteiger charge is -2.12. The quantitative estimate of drug-likeness (QED) is 0.400. The van der Waals surface area contributed by atoms with Crippen molar-refractivity contribution in [3.05, 3.63) is 86.5 Å². The molecule has 168 valence electrons. The number of rotatable bonds is 6. The molecular weight excluding hydrogens is 471 g/mol. The highest BCUT2D eigenvalue weighted by atomic mass is 35.5. The van der Waals surface area contributed by atoms with Gasteiger partial charge in [-0.2, -0.15) is 0 Å². The minimum absolute atomic E-state index is 0.0225. The van der Waals surface area contributed by atoms with Crippen molar-refractivity contribution in [2.24, 2.45) is 0 Å². The van der Waals surface area contributed by atoms with Gasteiger partial charge in [0.05, 0.1) is 40.4 Å². The Morgan fingerprint density at radius 2 is 1.76 bits per heavy atom. The summed E-state index contributed by atoms with van der Waals surface area (Å²) >= 11 is 6.94. The standard InChI is InChI=1S/C23H16ClFN2O5S/c1-2-32-23(31)15-10-12(11-27-21(29)13-6-3-4-7-14(13)22(27)30)33-20(15)26-19(28)18-16(24)8-5-9-17(18)25/h3-10H,2,11H2,1H3,(H,26,28). The Bertz CT molecular complexity index is 1250. The van der Waals surface area contributed by atoms with E-state index in [2.05, 4.69) is 5.32 Å². The van der Waals surface area contributed by atoms with Crippen molar-refractivity contribution in [2.75, 3.05) is 11.9 Å². The molecule has 33 heavy (non-hydrogen) atoms. The van der Waals surface area contributed by atoms with Gasteiger partial charge in [-0.15, -0.1) is 11.3 Å². The molecule has 1 N–H and O–H groups in total. The average molecular weight is 487 g/mol. The minimum atomic E-state index is -0.849. The van der Waals surface area contributed by atoms with Crippen LogP contribution in [0.25, 0.3) is 0 Å². The number of imide groups is 1. The Morgan fingerprint density at radius 1 is 1.09 bits per heavy atom. The van der Waals surface area contributed by atoms with Gasteiger partial charge in [0.25, 0.3) is 17.7 Å². The molecule has 0 saturated carbocycles. The van der Waals surface area contributed by atoms with E-state index in [0.29, 0.717) is 16.0 Å². The number of benzene rings is 2. The van der Waals surface area contributed by atoms with Crippen molar-refractivity contribution in [2.45, 2.75) is 13.5 Å². The van der Waals surface area contributed by atoms with Gasteiger partial charge in [0, 0.05) is 4.88 Å². The fourth-order valence-corrected chi connectivity index (χ4v) is 4.67. The lowest BCUT2D eigenvalue weighted by Crippen LogP contribution is -2.28. The summed E-state index contributed by atoms with van der Waals surface area (Å²) in [5.41, 5.74) is 0.248. The molecule has 7 nitrogen and oxygen atoms in total. The number of anilines is 1. The second kappa shape index (κ2) is 9.13. The van der Waals surface area contributed by atoms with Crippen LogP contribution >= 0.6 is 22.9 Å². The van der Waals surface area contributed by atoms with Crippen LogP contribution in [0.1, 0.15) is 53.2 Å². The average Bonchev–Trinajstić information content (AvgIpc) is 3.28. The number of thiophene rings is 1. The molecule has 3 amide bonds. The van der Waals surface area contributed by atoms with Crippen LogP contribution in [0.4, 0.5) is 9.39 Å². The number of ether oxygens (including phenoxy) is 1. The number of fused-ring (bicyclic) bond motifs is 1. The van der Waals surface area contributed by atoms with E-state index in [0.717, 1.165) is 22.3 Å². The fraction of sp³-hybridized carbons (Fsp3) is 0.130. The summed E-state index contributed by atoms with van der Waals surface area (Å²) in [5.74, 6) is -3.29. The molecule has 2 heterocycles. The maximum atomic E-state index is 14.2. The van der Waals surface area contributed by atoms with E-state index in [1.54, 1.807) is 31.2 Å². The Labute approximate surface area is 196 Å². The van der Waals surface area contributed by atoms with Crippen LogP contribution in [0.5, 0.6) is 0 Å². The molecule has 1 aliphatic heterocycles. The Balaban J connectivity index is 1.64. The van der Waals surface area contributed by atoms with E-state index >= 15 is 0 Å². The van der Waals surface area contributed by atoms with Gasteiger partial charge in [0.2, 0.25) is 0 Å². The topological polar surface area (TPSA) is 92.8 Å². The molecule has 0 bridgehead atoms. The number of halogens is 2.